The number of nitrogens with one attached hydrogen (secondary N) is 1. The Morgan fingerprint density at radius 1 is 1.33 bits per heavy atom. The average Bonchev–Trinajstić information content (AvgIpc) is 2.36. The zero-order valence-corrected chi connectivity index (χ0v) is 11.3. The maximum absolute atomic E-state index is 11.6. The van der Waals surface area contributed by atoms with Gasteiger partial charge in [0, 0.05) is 12.1 Å². The highest BCUT2D eigenvalue weighted by Gasteiger charge is 2.18. The topological polar surface area (TPSA) is 64.3 Å². The van der Waals surface area contributed by atoms with Crippen LogP contribution in [0.15, 0.2) is 24.3 Å². The fourth-order valence-corrected chi connectivity index (χ4v) is 1.43. The molecule has 0 unspecified atom stereocenters. The lowest BCUT2D eigenvalue weighted by molar-refractivity contribution is -0.124. The first-order valence-electron chi connectivity index (χ1n) is 6.19. The van der Waals surface area contributed by atoms with Crippen molar-refractivity contribution in [3.8, 4) is 5.75 Å². The van der Waals surface area contributed by atoms with E-state index in [4.69, 9.17) is 10.5 Å². The van der Waals surface area contributed by atoms with Crippen molar-refractivity contribution in [1.82, 2.24) is 5.32 Å². The van der Waals surface area contributed by atoms with E-state index in [1.54, 1.807) is 0 Å². The van der Waals surface area contributed by atoms with Crippen LogP contribution in [-0.2, 0) is 11.2 Å². The minimum Gasteiger partial charge on any atom is -0.484 e. The van der Waals surface area contributed by atoms with E-state index < -0.39 is 5.54 Å². The second-order valence-electron chi connectivity index (χ2n) is 4.92. The van der Waals surface area contributed by atoms with E-state index in [0.29, 0.717) is 12.3 Å². The van der Waals surface area contributed by atoms with Crippen LogP contribution in [0.2, 0.25) is 0 Å². The molecule has 0 bridgehead atoms. The van der Waals surface area contributed by atoms with E-state index in [1.165, 1.54) is 5.56 Å². The van der Waals surface area contributed by atoms with Gasteiger partial charge in [0.2, 0.25) is 0 Å². The molecule has 4 nitrogen and oxygen atoms in total. The van der Waals surface area contributed by atoms with Crippen LogP contribution in [0.5, 0.6) is 5.75 Å². The normalized spacial score (nSPS) is 11.1. The molecule has 0 aliphatic carbocycles. The lowest BCUT2D eigenvalue weighted by atomic mass is 10.1. The SMILES string of the molecule is CCc1ccc(OCC(=O)NC(C)(C)CN)cc1. The summed E-state index contributed by atoms with van der Waals surface area (Å²) in [6, 6.07) is 7.74. The smallest absolute Gasteiger partial charge is 0.258 e. The molecule has 0 aliphatic heterocycles. The molecule has 3 N–H and O–H groups in total. The summed E-state index contributed by atoms with van der Waals surface area (Å²) in [7, 11) is 0. The van der Waals surface area contributed by atoms with Gasteiger partial charge in [-0.15, -0.1) is 0 Å². The summed E-state index contributed by atoms with van der Waals surface area (Å²) in [5.74, 6) is 0.540. The Bertz CT molecular complexity index is 385. The number of ether oxygens (including phenoxy) is 1. The van der Waals surface area contributed by atoms with Gasteiger partial charge in [-0.1, -0.05) is 19.1 Å². The Balaban J connectivity index is 2.42. The molecule has 1 amide bonds. The molecule has 18 heavy (non-hydrogen) atoms. The van der Waals surface area contributed by atoms with Gasteiger partial charge < -0.3 is 15.8 Å². The molecule has 0 heterocycles. The monoisotopic (exact) mass is 250 g/mol. The molecule has 0 aromatic heterocycles. The molecular weight excluding hydrogens is 228 g/mol. The van der Waals surface area contributed by atoms with Gasteiger partial charge in [0.25, 0.3) is 5.91 Å². The molecule has 0 saturated heterocycles. The quantitative estimate of drug-likeness (QED) is 0.804. The highest BCUT2D eigenvalue weighted by molar-refractivity contribution is 5.78. The number of benzene rings is 1. The van der Waals surface area contributed by atoms with Crippen LogP contribution >= 0.6 is 0 Å². The van der Waals surface area contributed by atoms with Gasteiger partial charge in [0.1, 0.15) is 5.75 Å². The van der Waals surface area contributed by atoms with E-state index in [0.717, 1.165) is 6.42 Å². The van der Waals surface area contributed by atoms with Crippen molar-refractivity contribution in [3.05, 3.63) is 29.8 Å². The van der Waals surface area contributed by atoms with Gasteiger partial charge >= 0.3 is 0 Å². The number of carbonyl (C=O) groups excluding carboxylic acids is 1. The number of rotatable bonds is 6. The minimum atomic E-state index is -0.396. The predicted octanol–water partition coefficient (Wildman–Crippen LogP) is 1.48. The molecule has 1 rings (SSSR count). The van der Waals surface area contributed by atoms with Crippen molar-refractivity contribution in [2.45, 2.75) is 32.7 Å². The van der Waals surface area contributed by atoms with Crippen LogP contribution in [0.25, 0.3) is 0 Å². The molecule has 0 saturated carbocycles. The minimum absolute atomic E-state index is 0.00883. The Labute approximate surface area is 109 Å². The number of nitrogens with two attached hydrogens (primary N) is 1. The van der Waals surface area contributed by atoms with E-state index >= 15 is 0 Å². The van der Waals surface area contributed by atoms with Gasteiger partial charge in [0.15, 0.2) is 6.61 Å². The second-order valence-corrected chi connectivity index (χ2v) is 4.92. The maximum atomic E-state index is 11.6. The van der Waals surface area contributed by atoms with E-state index in [1.807, 2.05) is 38.1 Å². The standard InChI is InChI=1S/C14H22N2O2/c1-4-11-5-7-12(8-6-11)18-9-13(17)16-14(2,3)10-15/h5-8H,4,9-10,15H2,1-3H3,(H,16,17). The largest absolute Gasteiger partial charge is 0.484 e. The van der Waals surface area contributed by atoms with Crippen LogP contribution in [0.3, 0.4) is 0 Å². The van der Waals surface area contributed by atoms with Gasteiger partial charge in [-0.2, -0.15) is 0 Å². The first-order chi connectivity index (χ1) is 8.46. The molecule has 1 aromatic carbocycles. The Hall–Kier alpha value is -1.55. The predicted molar refractivity (Wildman–Crippen MR) is 72.6 cm³/mol. The average molecular weight is 250 g/mol. The third-order valence-corrected chi connectivity index (χ3v) is 2.69. The van der Waals surface area contributed by atoms with Crippen LogP contribution < -0.4 is 15.8 Å². The lowest BCUT2D eigenvalue weighted by Gasteiger charge is -2.24. The number of carbonyl (C=O) groups is 1. The number of aryl methyl sites for hydroxylation is 1. The first-order valence-corrected chi connectivity index (χ1v) is 6.19. The van der Waals surface area contributed by atoms with Crippen molar-refractivity contribution in [2.24, 2.45) is 5.73 Å². The zero-order valence-electron chi connectivity index (χ0n) is 11.3. The van der Waals surface area contributed by atoms with Crippen molar-refractivity contribution in [3.63, 3.8) is 0 Å². The fraction of sp³-hybridized carbons (Fsp3) is 0.500. The summed E-state index contributed by atoms with van der Waals surface area (Å²) in [6.45, 7) is 6.25. The van der Waals surface area contributed by atoms with Crippen LogP contribution in [0, 0.1) is 0 Å². The van der Waals surface area contributed by atoms with E-state index in [-0.39, 0.29) is 12.5 Å². The van der Waals surface area contributed by atoms with Crippen LogP contribution in [-0.4, -0.2) is 24.6 Å². The van der Waals surface area contributed by atoms with Crippen molar-refractivity contribution >= 4 is 5.91 Å². The third kappa shape index (κ3) is 4.75. The van der Waals surface area contributed by atoms with E-state index in [2.05, 4.69) is 12.2 Å². The number of hydrogen-bond donors (Lipinski definition) is 2. The number of hydrogen-bond acceptors (Lipinski definition) is 3. The molecule has 0 aliphatic rings. The van der Waals surface area contributed by atoms with Gasteiger partial charge in [0.05, 0.1) is 0 Å². The summed E-state index contributed by atoms with van der Waals surface area (Å²) in [5.41, 5.74) is 6.39. The molecule has 0 spiro atoms. The van der Waals surface area contributed by atoms with Gasteiger partial charge in [-0.25, -0.2) is 0 Å². The Morgan fingerprint density at radius 3 is 2.44 bits per heavy atom. The second kappa shape index (κ2) is 6.40. The summed E-state index contributed by atoms with van der Waals surface area (Å²) < 4.78 is 5.40. The molecule has 4 heteroatoms. The van der Waals surface area contributed by atoms with Crippen LogP contribution in [0.4, 0.5) is 0 Å². The van der Waals surface area contributed by atoms with Crippen LogP contribution in [0.1, 0.15) is 26.3 Å². The zero-order chi connectivity index (χ0) is 13.6. The molecule has 0 radical (unpaired) electrons. The maximum Gasteiger partial charge on any atom is 0.258 e. The summed E-state index contributed by atoms with van der Waals surface area (Å²) in [5, 5.41) is 2.81. The summed E-state index contributed by atoms with van der Waals surface area (Å²) in [4.78, 5) is 11.6. The van der Waals surface area contributed by atoms with Crippen molar-refractivity contribution < 1.29 is 9.53 Å². The lowest BCUT2D eigenvalue weighted by Crippen LogP contribution is -2.50. The molecule has 100 valence electrons. The highest BCUT2D eigenvalue weighted by Crippen LogP contribution is 2.12. The highest BCUT2D eigenvalue weighted by atomic mass is 16.5. The van der Waals surface area contributed by atoms with Gasteiger partial charge in [-0.05, 0) is 38.0 Å². The Morgan fingerprint density at radius 2 is 1.94 bits per heavy atom. The summed E-state index contributed by atoms with van der Waals surface area (Å²) in [6.07, 6.45) is 0.992. The third-order valence-electron chi connectivity index (χ3n) is 2.69. The van der Waals surface area contributed by atoms with Gasteiger partial charge in [-0.3, -0.25) is 4.79 Å². The molecule has 0 atom stereocenters. The fourth-order valence-electron chi connectivity index (χ4n) is 1.43. The molecule has 0 fully saturated rings. The number of amides is 1. The first kappa shape index (κ1) is 14.5. The molecular formula is C14H22N2O2. The van der Waals surface area contributed by atoms with Crippen molar-refractivity contribution in [2.75, 3.05) is 13.2 Å². The molecule has 1 aromatic rings. The summed E-state index contributed by atoms with van der Waals surface area (Å²) >= 11 is 0. The van der Waals surface area contributed by atoms with Crippen molar-refractivity contribution in [1.29, 1.82) is 0 Å². The Kier molecular flexibility index (Phi) is 5.16. The van der Waals surface area contributed by atoms with E-state index in [9.17, 15) is 4.79 Å².